The molecule has 0 bridgehead atoms. The Balaban J connectivity index is 2.04. The fourth-order valence-electron chi connectivity index (χ4n) is 3.13. The first-order chi connectivity index (χ1) is 15.8. The van der Waals surface area contributed by atoms with Crippen LogP contribution >= 0.6 is 23.4 Å². The van der Waals surface area contributed by atoms with E-state index in [1.165, 1.54) is 23.9 Å². The molecule has 0 radical (unpaired) electrons. The van der Waals surface area contributed by atoms with Gasteiger partial charge in [0.1, 0.15) is 5.75 Å². The molecule has 0 aromatic heterocycles. The van der Waals surface area contributed by atoms with Gasteiger partial charge in [0.25, 0.3) is 0 Å². The van der Waals surface area contributed by atoms with Crippen molar-refractivity contribution < 1.29 is 18.3 Å². The van der Waals surface area contributed by atoms with E-state index in [0.29, 0.717) is 18.3 Å². The molecule has 174 valence electrons. The molecule has 8 heteroatoms. The molecular formula is C25H24ClF3N2OS. The normalized spacial score (nSPS) is 12.1. The predicted octanol–water partition coefficient (Wildman–Crippen LogP) is 8.15. The average Bonchev–Trinajstić information content (AvgIpc) is 2.77. The number of hydrogen-bond donors (Lipinski definition) is 1. The summed E-state index contributed by atoms with van der Waals surface area (Å²) in [4.78, 5) is 7.57. The minimum Gasteiger partial charge on any atom is -0.508 e. The Morgan fingerprint density at radius 2 is 1.79 bits per heavy atom. The maximum Gasteiger partial charge on any atom is 0.417 e. The third-order valence-electron chi connectivity index (χ3n) is 4.77. The molecular weight excluding hydrogens is 469 g/mol. The van der Waals surface area contributed by atoms with Gasteiger partial charge in [-0.25, -0.2) is 4.99 Å². The number of alkyl halides is 3. The maximum absolute atomic E-state index is 13.4. The molecule has 33 heavy (non-hydrogen) atoms. The minimum atomic E-state index is -4.57. The zero-order valence-electron chi connectivity index (χ0n) is 18.0. The molecule has 0 aliphatic carbocycles. The smallest absolute Gasteiger partial charge is 0.417 e. The Hall–Kier alpha value is -2.64. The molecule has 3 aromatic rings. The van der Waals surface area contributed by atoms with Crippen molar-refractivity contribution >= 4 is 34.2 Å². The summed E-state index contributed by atoms with van der Waals surface area (Å²) in [7, 11) is 0. The third kappa shape index (κ3) is 7.44. The lowest BCUT2D eigenvalue weighted by atomic mass is 10.2. The average molecular weight is 493 g/mol. The van der Waals surface area contributed by atoms with Gasteiger partial charge in [0, 0.05) is 18.0 Å². The summed E-state index contributed by atoms with van der Waals surface area (Å²) in [6, 6.07) is 20.2. The standard InChI is InChI=1S/C25H24ClF3N2OS/c1-2-3-14-31(17-18-8-7-9-20(32)15-18)24(33-21-10-5-4-6-11-21)30-19-12-13-23(26)22(16-19)25(27,28)29/h4-13,15-16,32H,2-3,14,17H2,1H3. The maximum atomic E-state index is 13.4. The number of hydrogen-bond acceptors (Lipinski definition) is 3. The fraction of sp³-hybridized carbons (Fsp3) is 0.240. The van der Waals surface area contributed by atoms with E-state index in [0.717, 1.165) is 29.4 Å². The summed E-state index contributed by atoms with van der Waals surface area (Å²) in [5, 5.41) is 10.1. The number of benzene rings is 3. The van der Waals surface area contributed by atoms with Gasteiger partial charge in [-0.05, 0) is 54.4 Å². The van der Waals surface area contributed by atoms with Gasteiger partial charge < -0.3 is 10.0 Å². The lowest BCUT2D eigenvalue weighted by molar-refractivity contribution is -0.137. The van der Waals surface area contributed by atoms with Gasteiger partial charge in [0.05, 0.1) is 16.3 Å². The van der Waals surface area contributed by atoms with Gasteiger partial charge in [0.2, 0.25) is 0 Å². The van der Waals surface area contributed by atoms with Crippen LogP contribution < -0.4 is 0 Å². The fourth-order valence-corrected chi connectivity index (χ4v) is 4.29. The third-order valence-corrected chi connectivity index (χ3v) is 6.14. The number of thioether (sulfide) groups is 1. The Labute approximate surface area is 200 Å². The van der Waals surface area contributed by atoms with E-state index < -0.39 is 11.7 Å². The molecule has 1 N–H and O–H groups in total. The molecule has 3 rings (SSSR count). The van der Waals surface area contributed by atoms with Gasteiger partial charge in [-0.15, -0.1) is 0 Å². The Kier molecular flexibility index (Phi) is 8.69. The van der Waals surface area contributed by atoms with Crippen LogP contribution in [0.3, 0.4) is 0 Å². The first-order valence-electron chi connectivity index (χ1n) is 10.5. The number of amidine groups is 1. The summed E-state index contributed by atoms with van der Waals surface area (Å²) in [5.74, 6) is 0.157. The lowest BCUT2D eigenvalue weighted by Crippen LogP contribution is -2.29. The second-order valence-corrected chi connectivity index (χ2v) is 8.86. The molecule has 0 amide bonds. The van der Waals surface area contributed by atoms with Crippen molar-refractivity contribution in [1.29, 1.82) is 0 Å². The molecule has 0 unspecified atom stereocenters. The molecule has 0 aliphatic heterocycles. The van der Waals surface area contributed by atoms with Crippen molar-refractivity contribution in [3.8, 4) is 5.75 Å². The van der Waals surface area contributed by atoms with Crippen LogP contribution in [-0.2, 0) is 12.7 Å². The molecule has 0 saturated carbocycles. The highest BCUT2D eigenvalue weighted by Crippen LogP contribution is 2.37. The van der Waals surface area contributed by atoms with Gasteiger partial charge in [0.15, 0.2) is 5.17 Å². The largest absolute Gasteiger partial charge is 0.508 e. The minimum absolute atomic E-state index is 0.157. The molecule has 0 fully saturated rings. The Bertz CT molecular complexity index is 1090. The van der Waals surface area contributed by atoms with Crippen LogP contribution in [0.2, 0.25) is 5.02 Å². The molecule has 0 heterocycles. The second-order valence-electron chi connectivity index (χ2n) is 7.42. The van der Waals surface area contributed by atoms with Crippen molar-refractivity contribution in [3.63, 3.8) is 0 Å². The summed E-state index contributed by atoms with van der Waals surface area (Å²) in [6.45, 7) is 3.18. The predicted molar refractivity (Wildman–Crippen MR) is 129 cm³/mol. The van der Waals surface area contributed by atoms with Crippen molar-refractivity contribution in [2.45, 2.75) is 37.4 Å². The van der Waals surface area contributed by atoms with Crippen LogP contribution in [0.1, 0.15) is 30.9 Å². The first kappa shape index (κ1) is 25.0. The number of nitrogens with zero attached hydrogens (tertiary/aromatic N) is 2. The topological polar surface area (TPSA) is 35.8 Å². The van der Waals surface area contributed by atoms with E-state index in [-0.39, 0.29) is 16.5 Å². The summed E-state index contributed by atoms with van der Waals surface area (Å²) < 4.78 is 40.2. The van der Waals surface area contributed by atoms with Crippen LogP contribution in [0.15, 0.2) is 82.7 Å². The summed E-state index contributed by atoms with van der Waals surface area (Å²) in [6.07, 6.45) is -2.75. The van der Waals surface area contributed by atoms with E-state index in [2.05, 4.69) is 11.9 Å². The van der Waals surface area contributed by atoms with E-state index in [9.17, 15) is 18.3 Å². The van der Waals surface area contributed by atoms with Crippen LogP contribution in [0.4, 0.5) is 18.9 Å². The summed E-state index contributed by atoms with van der Waals surface area (Å²) >= 11 is 7.17. The van der Waals surface area contributed by atoms with E-state index in [1.807, 2.05) is 41.3 Å². The monoisotopic (exact) mass is 492 g/mol. The quantitative estimate of drug-likeness (QED) is 0.205. The first-order valence-corrected chi connectivity index (χ1v) is 11.7. The number of phenolic OH excluding ortho intramolecular Hbond substituents is 1. The molecule has 0 saturated heterocycles. The highest BCUT2D eigenvalue weighted by Gasteiger charge is 2.33. The van der Waals surface area contributed by atoms with Gasteiger partial charge in [-0.1, -0.05) is 67.0 Å². The molecule has 0 atom stereocenters. The van der Waals surface area contributed by atoms with Crippen LogP contribution in [0.25, 0.3) is 0 Å². The van der Waals surface area contributed by atoms with Gasteiger partial charge in [-0.2, -0.15) is 13.2 Å². The SMILES string of the molecule is CCCCN(Cc1cccc(O)c1)C(=Nc1ccc(Cl)c(C(F)(F)F)c1)Sc1ccccc1. The number of halogens is 4. The number of aliphatic imine (C=N–C) groups is 1. The van der Waals surface area contributed by atoms with Gasteiger partial charge in [-0.3, -0.25) is 0 Å². The van der Waals surface area contributed by atoms with Crippen LogP contribution in [-0.4, -0.2) is 21.7 Å². The van der Waals surface area contributed by atoms with Crippen molar-refractivity contribution in [1.82, 2.24) is 4.90 Å². The Morgan fingerprint density at radius 1 is 1.03 bits per heavy atom. The molecule has 3 aromatic carbocycles. The Morgan fingerprint density at radius 3 is 2.45 bits per heavy atom. The summed E-state index contributed by atoms with van der Waals surface area (Å²) in [5.41, 5.74) is 0.129. The van der Waals surface area contributed by atoms with Gasteiger partial charge >= 0.3 is 6.18 Å². The zero-order valence-corrected chi connectivity index (χ0v) is 19.6. The number of phenols is 1. The van der Waals surface area contributed by atoms with E-state index >= 15 is 0 Å². The molecule has 0 spiro atoms. The molecule has 0 aliphatic rings. The van der Waals surface area contributed by atoms with Crippen molar-refractivity contribution in [3.05, 3.63) is 88.9 Å². The lowest BCUT2D eigenvalue weighted by Gasteiger charge is -2.26. The van der Waals surface area contributed by atoms with Crippen LogP contribution in [0, 0.1) is 0 Å². The second kappa shape index (κ2) is 11.5. The zero-order chi connectivity index (χ0) is 23.8. The van der Waals surface area contributed by atoms with E-state index in [4.69, 9.17) is 11.6 Å². The number of aromatic hydroxyl groups is 1. The van der Waals surface area contributed by atoms with Crippen LogP contribution in [0.5, 0.6) is 5.75 Å². The number of unbranched alkanes of at least 4 members (excludes halogenated alkanes) is 1. The van der Waals surface area contributed by atoms with E-state index in [1.54, 1.807) is 18.2 Å². The highest BCUT2D eigenvalue weighted by atomic mass is 35.5. The van der Waals surface area contributed by atoms with Crippen molar-refractivity contribution in [2.75, 3.05) is 6.54 Å². The highest BCUT2D eigenvalue weighted by molar-refractivity contribution is 8.13. The van der Waals surface area contributed by atoms with Crippen molar-refractivity contribution in [2.24, 2.45) is 4.99 Å². The molecule has 3 nitrogen and oxygen atoms in total. The number of rotatable bonds is 7.